The summed E-state index contributed by atoms with van der Waals surface area (Å²) in [5.41, 5.74) is 2.17. The summed E-state index contributed by atoms with van der Waals surface area (Å²) in [4.78, 5) is 25.0. The fourth-order valence-corrected chi connectivity index (χ4v) is 3.35. The lowest BCUT2D eigenvalue weighted by Gasteiger charge is -2.31. The quantitative estimate of drug-likeness (QED) is 0.824. The molecule has 0 atom stereocenters. The van der Waals surface area contributed by atoms with E-state index >= 15 is 0 Å². The van der Waals surface area contributed by atoms with Crippen LogP contribution in [-0.4, -0.2) is 53.7 Å². The molecule has 1 aromatic heterocycles. The van der Waals surface area contributed by atoms with Crippen LogP contribution >= 0.6 is 0 Å². The van der Waals surface area contributed by atoms with Gasteiger partial charge in [0.2, 0.25) is 5.95 Å². The molecule has 0 spiro atoms. The molecule has 1 aromatic carbocycles. The van der Waals surface area contributed by atoms with Gasteiger partial charge < -0.3 is 19.9 Å². The molecule has 2 aromatic rings. The van der Waals surface area contributed by atoms with Crippen molar-refractivity contribution < 1.29 is 9.53 Å². The zero-order valence-corrected chi connectivity index (χ0v) is 16.9. The minimum absolute atomic E-state index is 0.224. The number of benzene rings is 1. The number of aryl methyl sites for hydroxylation is 1. The molecule has 1 saturated heterocycles. The molecular formula is C21H29N5O2. The molecular weight excluding hydrogens is 354 g/mol. The minimum atomic E-state index is -0.224. The number of piperidine rings is 1. The molecule has 1 fully saturated rings. The Kier molecular flexibility index (Phi) is 6.68. The first kappa shape index (κ1) is 19.9. The third kappa shape index (κ3) is 5.34. The van der Waals surface area contributed by atoms with Gasteiger partial charge in [-0.05, 0) is 32.3 Å². The van der Waals surface area contributed by atoms with Crippen molar-refractivity contribution in [2.75, 3.05) is 37.0 Å². The highest BCUT2D eigenvalue weighted by Crippen LogP contribution is 2.19. The van der Waals surface area contributed by atoms with Crippen molar-refractivity contribution in [3.63, 3.8) is 0 Å². The van der Waals surface area contributed by atoms with Gasteiger partial charge in [-0.15, -0.1) is 0 Å². The van der Waals surface area contributed by atoms with Crippen LogP contribution in [0.5, 0.6) is 0 Å². The Balaban J connectivity index is 1.60. The molecule has 1 aliphatic rings. The van der Waals surface area contributed by atoms with Gasteiger partial charge in [-0.25, -0.2) is 9.78 Å². The van der Waals surface area contributed by atoms with Crippen LogP contribution in [0.15, 0.2) is 36.4 Å². The number of likely N-dealkylation sites (tertiary alicyclic amines) is 1. The molecule has 1 N–H and O–H groups in total. The molecule has 28 heavy (non-hydrogen) atoms. The fourth-order valence-electron chi connectivity index (χ4n) is 3.35. The number of carbonyl (C=O) groups is 1. The maximum atomic E-state index is 11.8. The average Bonchev–Trinajstić information content (AvgIpc) is 2.69. The molecule has 0 radical (unpaired) electrons. The monoisotopic (exact) mass is 383 g/mol. The summed E-state index contributed by atoms with van der Waals surface area (Å²) in [5.74, 6) is 1.53. The number of carbonyl (C=O) groups excluding carboxylic acids is 1. The van der Waals surface area contributed by atoms with Gasteiger partial charge in [-0.1, -0.05) is 30.3 Å². The number of hydrogen-bond acceptors (Lipinski definition) is 6. The smallest absolute Gasteiger partial charge is 0.409 e. The van der Waals surface area contributed by atoms with Crippen molar-refractivity contribution in [3.05, 3.63) is 47.7 Å². The summed E-state index contributed by atoms with van der Waals surface area (Å²) in [7, 11) is 2.04. The van der Waals surface area contributed by atoms with E-state index in [0.29, 0.717) is 25.6 Å². The lowest BCUT2D eigenvalue weighted by atomic mass is 10.1. The van der Waals surface area contributed by atoms with E-state index in [9.17, 15) is 4.79 Å². The minimum Gasteiger partial charge on any atom is -0.450 e. The van der Waals surface area contributed by atoms with Crippen LogP contribution in [0, 0.1) is 6.92 Å². The third-order valence-electron chi connectivity index (χ3n) is 4.85. The van der Waals surface area contributed by atoms with Crippen molar-refractivity contribution in [2.45, 2.75) is 39.3 Å². The maximum Gasteiger partial charge on any atom is 0.409 e. The molecule has 7 nitrogen and oxygen atoms in total. The zero-order chi connectivity index (χ0) is 19.9. The van der Waals surface area contributed by atoms with Crippen LogP contribution in [0.2, 0.25) is 0 Å². The number of rotatable bonds is 6. The highest BCUT2D eigenvalue weighted by Gasteiger charge is 2.24. The van der Waals surface area contributed by atoms with E-state index in [1.807, 2.05) is 45.2 Å². The first-order chi connectivity index (χ1) is 13.5. The third-order valence-corrected chi connectivity index (χ3v) is 4.85. The van der Waals surface area contributed by atoms with Gasteiger partial charge in [0.25, 0.3) is 0 Å². The molecule has 2 heterocycles. The SMILES string of the molecule is CCOC(=O)N1CCC(Nc2nc(C)cc(N(C)Cc3ccccc3)n2)CC1. The van der Waals surface area contributed by atoms with Crippen LogP contribution in [0.3, 0.4) is 0 Å². The summed E-state index contributed by atoms with van der Waals surface area (Å²) in [6.45, 7) is 6.37. The van der Waals surface area contributed by atoms with Crippen molar-refractivity contribution >= 4 is 17.9 Å². The van der Waals surface area contributed by atoms with Gasteiger partial charge in [-0.2, -0.15) is 4.98 Å². The standard InChI is InChI=1S/C21H29N5O2/c1-4-28-21(27)26-12-10-18(11-13-26)23-20-22-16(2)14-19(24-20)25(3)15-17-8-6-5-7-9-17/h5-9,14,18H,4,10-13,15H2,1-3H3,(H,22,23,24). The van der Waals surface area contributed by atoms with Gasteiger partial charge in [0.05, 0.1) is 6.61 Å². The molecule has 3 rings (SSSR count). The van der Waals surface area contributed by atoms with Crippen LogP contribution in [0.4, 0.5) is 16.6 Å². The van der Waals surface area contributed by atoms with Crippen molar-refractivity contribution in [1.82, 2.24) is 14.9 Å². The predicted octanol–water partition coefficient (Wildman–Crippen LogP) is 3.45. The van der Waals surface area contributed by atoms with Gasteiger partial charge >= 0.3 is 6.09 Å². The fraction of sp³-hybridized carbons (Fsp3) is 0.476. The summed E-state index contributed by atoms with van der Waals surface area (Å²) < 4.78 is 5.08. The van der Waals surface area contributed by atoms with E-state index in [0.717, 1.165) is 30.9 Å². The Morgan fingerprint density at radius 1 is 1.25 bits per heavy atom. The summed E-state index contributed by atoms with van der Waals surface area (Å²) >= 11 is 0. The number of hydrogen-bond donors (Lipinski definition) is 1. The molecule has 1 amide bonds. The van der Waals surface area contributed by atoms with E-state index < -0.39 is 0 Å². The van der Waals surface area contributed by atoms with Crippen molar-refractivity contribution in [2.24, 2.45) is 0 Å². The molecule has 7 heteroatoms. The van der Waals surface area contributed by atoms with Crippen LogP contribution in [0.25, 0.3) is 0 Å². The average molecular weight is 383 g/mol. The van der Waals surface area contributed by atoms with Gasteiger partial charge in [-0.3, -0.25) is 0 Å². The Bertz CT molecular complexity index is 776. The van der Waals surface area contributed by atoms with E-state index in [1.165, 1.54) is 5.56 Å². The van der Waals surface area contributed by atoms with Crippen molar-refractivity contribution in [1.29, 1.82) is 0 Å². The summed E-state index contributed by atoms with van der Waals surface area (Å²) in [6, 6.07) is 12.6. The Labute approximate surface area is 166 Å². The summed E-state index contributed by atoms with van der Waals surface area (Å²) in [5, 5.41) is 3.44. The van der Waals surface area contributed by atoms with Crippen LogP contribution in [-0.2, 0) is 11.3 Å². The van der Waals surface area contributed by atoms with E-state index in [1.54, 1.807) is 4.90 Å². The lowest BCUT2D eigenvalue weighted by molar-refractivity contribution is 0.0983. The van der Waals surface area contributed by atoms with Crippen LogP contribution in [0.1, 0.15) is 31.0 Å². The second-order valence-electron chi connectivity index (χ2n) is 7.14. The molecule has 150 valence electrons. The maximum absolute atomic E-state index is 11.8. The number of nitrogens with one attached hydrogen (secondary N) is 1. The lowest BCUT2D eigenvalue weighted by Crippen LogP contribution is -2.42. The molecule has 0 unspecified atom stereocenters. The number of ether oxygens (including phenoxy) is 1. The first-order valence-corrected chi connectivity index (χ1v) is 9.84. The molecule has 1 aliphatic heterocycles. The Morgan fingerprint density at radius 3 is 2.64 bits per heavy atom. The zero-order valence-electron chi connectivity index (χ0n) is 16.9. The normalized spacial score (nSPS) is 14.6. The first-order valence-electron chi connectivity index (χ1n) is 9.84. The van der Waals surface area contributed by atoms with E-state index in [-0.39, 0.29) is 12.1 Å². The van der Waals surface area contributed by atoms with Crippen LogP contribution < -0.4 is 10.2 Å². The van der Waals surface area contributed by atoms with Gasteiger partial charge in [0.1, 0.15) is 5.82 Å². The summed E-state index contributed by atoms with van der Waals surface area (Å²) in [6.07, 6.45) is 1.48. The molecule has 0 aliphatic carbocycles. The highest BCUT2D eigenvalue weighted by atomic mass is 16.6. The number of aromatic nitrogens is 2. The van der Waals surface area contributed by atoms with Gasteiger partial charge in [0, 0.05) is 44.5 Å². The molecule has 0 bridgehead atoms. The largest absolute Gasteiger partial charge is 0.450 e. The second-order valence-corrected chi connectivity index (χ2v) is 7.14. The molecule has 0 saturated carbocycles. The van der Waals surface area contributed by atoms with Gasteiger partial charge in [0.15, 0.2) is 0 Å². The van der Waals surface area contributed by atoms with E-state index in [2.05, 4.69) is 27.3 Å². The Hall–Kier alpha value is -2.83. The highest BCUT2D eigenvalue weighted by molar-refractivity contribution is 5.67. The number of nitrogens with zero attached hydrogens (tertiary/aromatic N) is 4. The Morgan fingerprint density at radius 2 is 1.96 bits per heavy atom. The second kappa shape index (κ2) is 9.39. The van der Waals surface area contributed by atoms with Crippen molar-refractivity contribution in [3.8, 4) is 0 Å². The topological polar surface area (TPSA) is 70.6 Å². The van der Waals surface area contributed by atoms with E-state index in [4.69, 9.17) is 9.72 Å². The predicted molar refractivity (Wildman–Crippen MR) is 111 cm³/mol. The number of amides is 1. The number of anilines is 2.